The van der Waals surface area contributed by atoms with Crippen LogP contribution in [0.2, 0.25) is 0 Å². The highest BCUT2D eigenvalue weighted by molar-refractivity contribution is 7.91. The average molecular weight is 290 g/mol. The van der Waals surface area contributed by atoms with E-state index in [1.807, 2.05) is 6.92 Å². The summed E-state index contributed by atoms with van der Waals surface area (Å²) < 4.78 is 22.9. The molecule has 1 saturated heterocycles. The zero-order valence-electron chi connectivity index (χ0n) is 11.8. The van der Waals surface area contributed by atoms with Crippen molar-refractivity contribution < 1.29 is 13.2 Å². The Morgan fingerprint density at radius 3 is 2.47 bits per heavy atom. The first-order valence-electron chi connectivity index (χ1n) is 7.20. The molecule has 1 fully saturated rings. The first-order chi connectivity index (χ1) is 9.00. The molecule has 1 unspecified atom stereocenters. The first kappa shape index (κ1) is 16.4. The van der Waals surface area contributed by atoms with Gasteiger partial charge in [-0.25, -0.2) is 8.42 Å². The monoisotopic (exact) mass is 290 g/mol. The molecule has 1 amide bonds. The topological polar surface area (TPSA) is 80.5 Å². The minimum atomic E-state index is -2.92. The Hall–Kier alpha value is -0.620. The van der Waals surface area contributed by atoms with Crippen molar-refractivity contribution in [1.82, 2.24) is 4.90 Å². The van der Waals surface area contributed by atoms with Crippen LogP contribution in [0.15, 0.2) is 0 Å². The van der Waals surface area contributed by atoms with Crippen molar-refractivity contribution in [1.29, 1.82) is 0 Å². The summed E-state index contributed by atoms with van der Waals surface area (Å²) >= 11 is 0. The van der Waals surface area contributed by atoms with E-state index >= 15 is 0 Å². The van der Waals surface area contributed by atoms with Gasteiger partial charge in [0.05, 0.1) is 11.5 Å². The van der Waals surface area contributed by atoms with Gasteiger partial charge >= 0.3 is 0 Å². The van der Waals surface area contributed by atoms with E-state index < -0.39 is 9.84 Å². The number of hydrogen-bond donors (Lipinski definition) is 1. The van der Waals surface area contributed by atoms with Crippen LogP contribution in [0.4, 0.5) is 0 Å². The van der Waals surface area contributed by atoms with Crippen LogP contribution in [-0.4, -0.2) is 49.9 Å². The smallest absolute Gasteiger partial charge is 0.222 e. The molecule has 2 N–H and O–H groups in total. The van der Waals surface area contributed by atoms with E-state index in [4.69, 9.17) is 5.73 Å². The lowest BCUT2D eigenvalue weighted by molar-refractivity contribution is -0.132. The van der Waals surface area contributed by atoms with Gasteiger partial charge in [0.1, 0.15) is 0 Å². The summed E-state index contributed by atoms with van der Waals surface area (Å²) in [6.07, 6.45) is 5.07. The molecule has 0 aromatic heterocycles. The number of nitrogens with two attached hydrogens (primary N) is 1. The Morgan fingerprint density at radius 1 is 1.26 bits per heavy atom. The molecule has 0 aliphatic carbocycles. The van der Waals surface area contributed by atoms with E-state index in [0.29, 0.717) is 25.9 Å². The fraction of sp³-hybridized carbons (Fsp3) is 0.923. The average Bonchev–Trinajstić information content (AvgIpc) is 2.70. The minimum absolute atomic E-state index is 0.0948. The molecule has 0 bridgehead atoms. The maximum absolute atomic E-state index is 12.1. The van der Waals surface area contributed by atoms with Crippen molar-refractivity contribution in [2.24, 2.45) is 5.73 Å². The van der Waals surface area contributed by atoms with Crippen LogP contribution in [0.25, 0.3) is 0 Å². The number of rotatable bonds is 8. The predicted molar refractivity (Wildman–Crippen MR) is 76.6 cm³/mol. The van der Waals surface area contributed by atoms with Crippen LogP contribution in [0.1, 0.15) is 45.4 Å². The molecule has 1 atom stereocenters. The standard InChI is InChI=1S/C13H26N2O3S/c1-2-15(12-8-10-19(17,18)11-12)13(16)7-5-3-4-6-9-14/h12H,2-11,14H2,1H3. The number of sulfone groups is 1. The molecule has 19 heavy (non-hydrogen) atoms. The third-order valence-electron chi connectivity index (χ3n) is 3.65. The molecule has 1 aliphatic rings. The van der Waals surface area contributed by atoms with Crippen molar-refractivity contribution in [3.8, 4) is 0 Å². The van der Waals surface area contributed by atoms with Gasteiger partial charge in [-0.2, -0.15) is 0 Å². The highest BCUT2D eigenvalue weighted by Gasteiger charge is 2.33. The molecule has 0 spiro atoms. The van der Waals surface area contributed by atoms with Gasteiger partial charge in [0.15, 0.2) is 9.84 Å². The molecule has 0 aromatic carbocycles. The molecule has 0 aromatic rings. The molecule has 112 valence electrons. The summed E-state index contributed by atoms with van der Waals surface area (Å²) in [7, 11) is -2.92. The molecule has 5 nitrogen and oxygen atoms in total. The van der Waals surface area contributed by atoms with Crippen molar-refractivity contribution in [3.63, 3.8) is 0 Å². The number of nitrogens with zero attached hydrogens (tertiary/aromatic N) is 1. The summed E-state index contributed by atoms with van der Waals surface area (Å²) in [6.45, 7) is 3.22. The summed E-state index contributed by atoms with van der Waals surface area (Å²) in [5, 5.41) is 0. The van der Waals surface area contributed by atoms with Crippen LogP contribution in [0.5, 0.6) is 0 Å². The quantitative estimate of drug-likeness (QED) is 0.674. The van der Waals surface area contributed by atoms with E-state index in [9.17, 15) is 13.2 Å². The van der Waals surface area contributed by atoms with Gasteiger partial charge in [0.2, 0.25) is 5.91 Å². The van der Waals surface area contributed by atoms with Gasteiger partial charge in [0, 0.05) is 19.0 Å². The Kier molecular flexibility index (Phi) is 6.79. The SMILES string of the molecule is CCN(C(=O)CCCCCCN)C1CCS(=O)(=O)C1. The van der Waals surface area contributed by atoms with Gasteiger partial charge in [-0.3, -0.25) is 4.79 Å². The van der Waals surface area contributed by atoms with Gasteiger partial charge in [0.25, 0.3) is 0 Å². The van der Waals surface area contributed by atoms with Crippen molar-refractivity contribution in [2.45, 2.75) is 51.5 Å². The van der Waals surface area contributed by atoms with E-state index in [1.165, 1.54) is 0 Å². The lowest BCUT2D eigenvalue weighted by Gasteiger charge is -2.26. The van der Waals surface area contributed by atoms with Crippen LogP contribution in [0.3, 0.4) is 0 Å². The van der Waals surface area contributed by atoms with Gasteiger partial charge in [-0.05, 0) is 32.7 Å². The lowest BCUT2D eigenvalue weighted by atomic mass is 10.1. The van der Waals surface area contributed by atoms with Gasteiger partial charge < -0.3 is 10.6 Å². The van der Waals surface area contributed by atoms with Crippen LogP contribution >= 0.6 is 0 Å². The summed E-state index contributed by atoms with van der Waals surface area (Å²) in [5.74, 6) is 0.454. The van der Waals surface area contributed by atoms with E-state index in [1.54, 1.807) is 4.90 Å². The molecule has 0 radical (unpaired) electrons. The molecule has 1 rings (SSSR count). The van der Waals surface area contributed by atoms with Crippen LogP contribution < -0.4 is 5.73 Å². The minimum Gasteiger partial charge on any atom is -0.339 e. The lowest BCUT2D eigenvalue weighted by Crippen LogP contribution is -2.40. The molecule has 1 heterocycles. The number of hydrogen-bond acceptors (Lipinski definition) is 4. The number of carbonyl (C=O) groups excluding carboxylic acids is 1. The second-order valence-electron chi connectivity index (χ2n) is 5.19. The predicted octanol–water partition coefficient (Wildman–Crippen LogP) is 0.931. The highest BCUT2D eigenvalue weighted by Crippen LogP contribution is 2.19. The van der Waals surface area contributed by atoms with Crippen LogP contribution in [-0.2, 0) is 14.6 Å². The Labute approximate surface area is 116 Å². The Bertz CT molecular complexity index is 381. The number of carbonyl (C=O) groups is 1. The zero-order chi connectivity index (χ0) is 14.3. The Morgan fingerprint density at radius 2 is 1.95 bits per heavy atom. The fourth-order valence-corrected chi connectivity index (χ4v) is 4.31. The van der Waals surface area contributed by atoms with E-state index in [2.05, 4.69) is 0 Å². The fourth-order valence-electron chi connectivity index (χ4n) is 2.58. The Balaban J connectivity index is 2.36. The van der Waals surface area contributed by atoms with E-state index in [0.717, 1.165) is 25.7 Å². The number of amides is 1. The summed E-state index contributed by atoms with van der Waals surface area (Å²) in [4.78, 5) is 13.9. The summed E-state index contributed by atoms with van der Waals surface area (Å²) in [6, 6.07) is -0.105. The third-order valence-corrected chi connectivity index (χ3v) is 5.41. The first-order valence-corrected chi connectivity index (χ1v) is 9.02. The van der Waals surface area contributed by atoms with Gasteiger partial charge in [-0.1, -0.05) is 12.8 Å². The van der Waals surface area contributed by atoms with Crippen LogP contribution in [0, 0.1) is 0 Å². The molecular weight excluding hydrogens is 264 g/mol. The zero-order valence-corrected chi connectivity index (χ0v) is 12.6. The van der Waals surface area contributed by atoms with Gasteiger partial charge in [-0.15, -0.1) is 0 Å². The largest absolute Gasteiger partial charge is 0.339 e. The normalized spacial score (nSPS) is 21.5. The van der Waals surface area contributed by atoms with Crippen molar-refractivity contribution >= 4 is 15.7 Å². The number of unbranched alkanes of at least 4 members (excludes halogenated alkanes) is 3. The van der Waals surface area contributed by atoms with Crippen molar-refractivity contribution in [2.75, 3.05) is 24.6 Å². The maximum atomic E-state index is 12.1. The molecule has 1 aliphatic heterocycles. The summed E-state index contributed by atoms with van der Waals surface area (Å²) in [5.41, 5.74) is 5.42. The maximum Gasteiger partial charge on any atom is 0.222 e. The second kappa shape index (κ2) is 7.85. The highest BCUT2D eigenvalue weighted by atomic mass is 32.2. The molecule has 0 saturated carbocycles. The molecule has 6 heteroatoms. The van der Waals surface area contributed by atoms with Crippen molar-refractivity contribution in [3.05, 3.63) is 0 Å². The van der Waals surface area contributed by atoms with E-state index in [-0.39, 0.29) is 23.5 Å². The third kappa shape index (κ3) is 5.48. The molecular formula is C13H26N2O3S. The second-order valence-corrected chi connectivity index (χ2v) is 7.42.